The second-order valence-corrected chi connectivity index (χ2v) is 10.8. The van der Waals surface area contributed by atoms with E-state index >= 15 is 0 Å². The second-order valence-electron chi connectivity index (χ2n) is 8.75. The molecular formula is C26H52MoN2S5. The quantitative estimate of drug-likeness (QED) is 0.0555. The Labute approximate surface area is 250 Å². The molecule has 0 aromatic carbocycles. The van der Waals surface area contributed by atoms with Crippen LogP contribution < -0.4 is 0 Å². The van der Waals surface area contributed by atoms with Gasteiger partial charge in [0.25, 0.3) is 0 Å². The molecule has 0 amide bonds. The van der Waals surface area contributed by atoms with Gasteiger partial charge in [-0.2, -0.15) is 0 Å². The van der Waals surface area contributed by atoms with Gasteiger partial charge in [0.15, 0.2) is 0 Å². The van der Waals surface area contributed by atoms with Crippen molar-refractivity contribution in [1.29, 1.82) is 0 Å². The predicted octanol–water partition coefficient (Wildman–Crippen LogP) is 9.21. The maximum absolute atomic E-state index is 5.11. The Hall–Kier alpha value is 1.13. The van der Waals surface area contributed by atoms with E-state index in [1.807, 2.05) is 0 Å². The van der Waals surface area contributed by atoms with Crippen LogP contribution in [0.25, 0.3) is 0 Å². The number of thiocarbonyl (C=S) groups is 2. The van der Waals surface area contributed by atoms with Crippen LogP contribution in [0.15, 0.2) is 0 Å². The molecule has 0 aromatic heterocycles. The van der Waals surface area contributed by atoms with E-state index in [1.54, 1.807) is 0 Å². The summed E-state index contributed by atoms with van der Waals surface area (Å²) in [5.74, 6) is 0. The summed E-state index contributed by atoms with van der Waals surface area (Å²) in [6.07, 6.45) is 20.6. The first-order chi connectivity index (χ1) is 16.4. The second kappa shape index (κ2) is 34.1. The van der Waals surface area contributed by atoms with Crippen LogP contribution in [0.4, 0.5) is 0 Å². The maximum atomic E-state index is 5.11. The molecule has 0 spiro atoms. The van der Waals surface area contributed by atoms with Crippen LogP contribution in [0.3, 0.4) is 0 Å². The summed E-state index contributed by atoms with van der Waals surface area (Å²) in [5.41, 5.74) is 0. The Bertz CT molecular complexity index is 379. The first kappa shape index (κ1) is 39.6. The predicted molar refractivity (Wildman–Crippen MR) is 167 cm³/mol. The molecule has 2 nitrogen and oxygen atoms in total. The average molecular weight is 649 g/mol. The van der Waals surface area contributed by atoms with Crippen molar-refractivity contribution in [3.63, 3.8) is 0 Å². The Balaban J connectivity index is -0.000000526. The fraction of sp³-hybridized carbons (Fsp3) is 0.923. The van der Waals surface area contributed by atoms with Crippen LogP contribution in [0.1, 0.15) is 130 Å². The molecule has 202 valence electrons. The molecule has 0 rings (SSSR count). The molecule has 0 N–H and O–H groups in total. The number of nitrogens with zero attached hydrogens (tertiary/aromatic N) is 2. The van der Waals surface area contributed by atoms with Crippen molar-refractivity contribution in [2.45, 2.75) is 130 Å². The van der Waals surface area contributed by atoms with Gasteiger partial charge in [0.1, 0.15) is 0 Å². The van der Waals surface area contributed by atoms with Crippen molar-refractivity contribution < 1.29 is 18.0 Å². The van der Waals surface area contributed by atoms with E-state index in [2.05, 4.69) is 47.3 Å². The van der Waals surface area contributed by atoms with Crippen LogP contribution in [0, 0.1) is 0 Å². The van der Waals surface area contributed by atoms with Crippen LogP contribution in [-0.2, 0) is 43.3 Å². The Morgan fingerprint density at radius 3 is 0.824 bits per heavy atom. The van der Waals surface area contributed by atoms with Gasteiger partial charge in [-0.3, -0.25) is 0 Å². The zero-order valence-electron chi connectivity index (χ0n) is 22.5. The van der Waals surface area contributed by atoms with Crippen molar-refractivity contribution in [3.8, 4) is 0 Å². The molecule has 0 unspecified atom stereocenters. The van der Waals surface area contributed by atoms with E-state index in [-0.39, 0.29) is 0 Å². The summed E-state index contributed by atoms with van der Waals surface area (Å²) in [4.78, 5) is 4.41. The molecule has 0 aliphatic carbocycles. The summed E-state index contributed by atoms with van der Waals surface area (Å²) in [5, 5.41) is 0. The number of unbranched alkanes of at least 4 members (excludes halogenated alkanes) is 12. The molecule has 34 heavy (non-hydrogen) atoms. The Kier molecular flexibility index (Phi) is 39.8. The van der Waals surface area contributed by atoms with E-state index in [4.69, 9.17) is 49.7 Å². The van der Waals surface area contributed by atoms with Crippen molar-refractivity contribution in [3.05, 3.63) is 0 Å². The van der Waals surface area contributed by atoms with E-state index in [0.717, 1.165) is 26.2 Å². The molecule has 0 aliphatic rings. The fourth-order valence-electron chi connectivity index (χ4n) is 3.51. The first-order valence-corrected chi connectivity index (χ1v) is 17.9. The van der Waals surface area contributed by atoms with E-state index in [0.29, 0.717) is 8.64 Å². The van der Waals surface area contributed by atoms with E-state index in [9.17, 15) is 0 Å². The van der Waals surface area contributed by atoms with Gasteiger partial charge in [-0.15, -0.1) is 0 Å². The minimum atomic E-state index is 0.660. The number of hydrogen-bond donors (Lipinski definition) is 0. The normalized spacial score (nSPS) is 9.85. The molecule has 0 aliphatic heterocycles. The average Bonchev–Trinajstić information content (AvgIpc) is 2.83. The van der Waals surface area contributed by atoms with Gasteiger partial charge in [-0.25, -0.2) is 0 Å². The van der Waals surface area contributed by atoms with Crippen LogP contribution in [0.5, 0.6) is 0 Å². The van der Waals surface area contributed by atoms with E-state index in [1.165, 1.54) is 121 Å². The SMILES string of the molecule is CCCCCCN(CCCCCC)C(=S)[S-].CCCCCCN(CCCCCC)C(=S)[S-].[S]=[Mo+2]. The summed E-state index contributed by atoms with van der Waals surface area (Å²) in [7, 11) is 4.09. The van der Waals surface area contributed by atoms with Gasteiger partial charge < -0.3 is 59.5 Å². The monoisotopic (exact) mass is 650 g/mol. The van der Waals surface area contributed by atoms with Gasteiger partial charge in [-0.1, -0.05) is 113 Å². The molecule has 0 saturated heterocycles. The number of rotatable bonds is 20. The molecule has 0 atom stereocenters. The molecule has 0 radical (unpaired) electrons. The molecule has 0 heterocycles. The Morgan fingerprint density at radius 2 is 0.676 bits per heavy atom. The molecule has 8 heteroatoms. The van der Waals surface area contributed by atoms with Gasteiger partial charge in [-0.05, 0) is 25.7 Å². The summed E-state index contributed by atoms with van der Waals surface area (Å²) < 4.78 is 1.32. The topological polar surface area (TPSA) is 6.48 Å². The van der Waals surface area contributed by atoms with E-state index < -0.39 is 0 Å². The third kappa shape index (κ3) is 31.2. The van der Waals surface area contributed by atoms with Crippen LogP contribution >= 0.6 is 34.3 Å². The van der Waals surface area contributed by atoms with Crippen LogP contribution in [-0.4, -0.2) is 44.6 Å². The van der Waals surface area contributed by atoms with Crippen molar-refractivity contribution in [1.82, 2.24) is 9.80 Å². The summed E-state index contributed by atoms with van der Waals surface area (Å²) in [6.45, 7) is 13.2. The van der Waals surface area contributed by atoms with Gasteiger partial charge in [0, 0.05) is 26.2 Å². The van der Waals surface area contributed by atoms with Gasteiger partial charge >= 0.3 is 27.8 Å². The molecule has 0 fully saturated rings. The van der Waals surface area contributed by atoms with Crippen molar-refractivity contribution in [2.75, 3.05) is 26.2 Å². The third-order valence-corrected chi connectivity index (χ3v) is 6.68. The Morgan fingerprint density at radius 1 is 0.471 bits per heavy atom. The van der Waals surface area contributed by atoms with Crippen LogP contribution in [0.2, 0.25) is 0 Å². The zero-order chi connectivity index (χ0) is 26.5. The molecule has 0 saturated carbocycles. The molecule has 0 bridgehead atoms. The van der Waals surface area contributed by atoms with Gasteiger partial charge in [0.05, 0.1) is 0 Å². The third-order valence-electron chi connectivity index (χ3n) is 5.64. The molecular weight excluding hydrogens is 597 g/mol. The van der Waals surface area contributed by atoms with Gasteiger partial charge in [0.2, 0.25) is 0 Å². The first-order valence-electron chi connectivity index (χ1n) is 13.5. The zero-order valence-corrected chi connectivity index (χ0v) is 28.6. The fourth-order valence-corrected chi connectivity index (χ4v) is 4.24. The van der Waals surface area contributed by atoms with Crippen molar-refractivity contribution >= 4 is 68.2 Å². The summed E-state index contributed by atoms with van der Waals surface area (Å²) in [6, 6.07) is 0. The van der Waals surface area contributed by atoms with Crippen molar-refractivity contribution in [2.24, 2.45) is 0 Å². The standard InChI is InChI=1S/2C13H27NS2.Mo.S/c2*1-3-5-7-9-11-14(13(15)16)12-10-8-6-4-2;;/h2*3-12H2,1-2H3,(H,15,16);;/q;;+2;/p-2. The molecule has 0 aromatic rings. The number of hydrogen-bond acceptors (Lipinski definition) is 5. The minimum absolute atomic E-state index is 0.660. The summed E-state index contributed by atoms with van der Waals surface area (Å²) >= 11 is 22.0.